The summed E-state index contributed by atoms with van der Waals surface area (Å²) in [6.07, 6.45) is 3.84. The van der Waals surface area contributed by atoms with Gasteiger partial charge in [0.1, 0.15) is 5.82 Å². The zero-order valence-corrected chi connectivity index (χ0v) is 11.9. The van der Waals surface area contributed by atoms with E-state index in [0.29, 0.717) is 18.6 Å². The smallest absolute Gasteiger partial charge is 0.128 e. The van der Waals surface area contributed by atoms with E-state index in [-0.39, 0.29) is 5.82 Å². The first-order valence-corrected chi connectivity index (χ1v) is 7.43. The van der Waals surface area contributed by atoms with Gasteiger partial charge in [-0.2, -0.15) is 0 Å². The first kappa shape index (κ1) is 12.6. The van der Waals surface area contributed by atoms with Crippen molar-refractivity contribution in [1.82, 2.24) is 10.2 Å². The van der Waals surface area contributed by atoms with Gasteiger partial charge in [-0.05, 0) is 25.0 Å². The maximum atomic E-state index is 13.8. The second-order valence-electron chi connectivity index (χ2n) is 5.39. The van der Waals surface area contributed by atoms with E-state index in [1.165, 1.54) is 19.3 Å². The molecule has 2 atom stereocenters. The predicted octanol–water partition coefficient (Wildman–Crippen LogP) is 2.91. The van der Waals surface area contributed by atoms with E-state index >= 15 is 0 Å². The number of nitrogens with one attached hydrogen (secondary N) is 1. The number of piperidine rings is 1. The number of halogens is 2. The summed E-state index contributed by atoms with van der Waals surface area (Å²) in [5.41, 5.74) is 0.789. The minimum Gasteiger partial charge on any atom is -0.309 e. The maximum Gasteiger partial charge on any atom is 0.128 e. The van der Waals surface area contributed by atoms with Crippen LogP contribution in [0.5, 0.6) is 0 Å². The second-order valence-corrected chi connectivity index (χ2v) is 6.24. The molecule has 0 amide bonds. The molecule has 2 heterocycles. The standard InChI is InChI=1S/C14H18BrFN2/c15-13-5-2-6-14(16)12(13)9-18-7-10-3-1-4-11(8-18)17-10/h2,5-6,10-11,17H,1,3-4,7-9H2. The number of rotatable bonds is 2. The predicted molar refractivity (Wildman–Crippen MR) is 73.9 cm³/mol. The van der Waals surface area contributed by atoms with E-state index in [9.17, 15) is 4.39 Å². The summed E-state index contributed by atoms with van der Waals surface area (Å²) in [7, 11) is 0. The Balaban J connectivity index is 1.73. The average Bonchev–Trinajstić information content (AvgIpc) is 2.34. The van der Waals surface area contributed by atoms with Crippen LogP contribution in [-0.4, -0.2) is 30.1 Å². The fourth-order valence-corrected chi connectivity index (χ4v) is 3.60. The molecule has 0 aromatic heterocycles. The van der Waals surface area contributed by atoms with Gasteiger partial charge in [0.2, 0.25) is 0 Å². The van der Waals surface area contributed by atoms with Crippen LogP contribution in [0.4, 0.5) is 4.39 Å². The van der Waals surface area contributed by atoms with E-state index in [1.54, 1.807) is 12.1 Å². The van der Waals surface area contributed by atoms with Gasteiger partial charge in [0, 0.05) is 41.8 Å². The van der Waals surface area contributed by atoms with Gasteiger partial charge < -0.3 is 5.32 Å². The first-order chi connectivity index (χ1) is 8.72. The van der Waals surface area contributed by atoms with E-state index in [2.05, 4.69) is 26.1 Å². The quantitative estimate of drug-likeness (QED) is 0.903. The lowest BCUT2D eigenvalue weighted by atomic mass is 9.94. The van der Waals surface area contributed by atoms with Gasteiger partial charge in [-0.15, -0.1) is 0 Å². The van der Waals surface area contributed by atoms with Crippen LogP contribution in [-0.2, 0) is 6.54 Å². The molecule has 2 nitrogen and oxygen atoms in total. The Labute approximate surface area is 116 Å². The van der Waals surface area contributed by atoms with Crippen LogP contribution in [0.15, 0.2) is 22.7 Å². The molecular weight excluding hydrogens is 295 g/mol. The number of nitrogens with zero attached hydrogens (tertiary/aromatic N) is 1. The van der Waals surface area contributed by atoms with Gasteiger partial charge in [-0.25, -0.2) is 4.39 Å². The largest absolute Gasteiger partial charge is 0.309 e. The van der Waals surface area contributed by atoms with Crippen molar-refractivity contribution in [3.63, 3.8) is 0 Å². The van der Waals surface area contributed by atoms with Crippen molar-refractivity contribution in [2.24, 2.45) is 0 Å². The molecule has 1 aromatic carbocycles. The summed E-state index contributed by atoms with van der Waals surface area (Å²) in [6.45, 7) is 2.79. The Morgan fingerprint density at radius 3 is 2.67 bits per heavy atom. The molecule has 2 bridgehead atoms. The Morgan fingerprint density at radius 2 is 2.00 bits per heavy atom. The molecule has 2 unspecified atom stereocenters. The maximum absolute atomic E-state index is 13.8. The van der Waals surface area contributed by atoms with E-state index in [0.717, 1.165) is 23.1 Å². The third-order valence-corrected chi connectivity index (χ3v) is 4.72. The molecule has 4 heteroatoms. The van der Waals surface area contributed by atoms with Crippen LogP contribution >= 0.6 is 15.9 Å². The molecule has 0 radical (unpaired) electrons. The molecule has 1 aromatic rings. The molecule has 2 aliphatic heterocycles. The average molecular weight is 313 g/mol. The third kappa shape index (κ3) is 2.60. The van der Waals surface area contributed by atoms with Gasteiger partial charge in [0.05, 0.1) is 0 Å². The summed E-state index contributed by atoms with van der Waals surface area (Å²) < 4.78 is 14.7. The van der Waals surface area contributed by atoms with Crippen molar-refractivity contribution in [3.05, 3.63) is 34.1 Å². The van der Waals surface area contributed by atoms with E-state index in [4.69, 9.17) is 0 Å². The fourth-order valence-electron chi connectivity index (χ4n) is 3.13. The second kappa shape index (κ2) is 5.27. The summed E-state index contributed by atoms with van der Waals surface area (Å²) in [5.74, 6) is -0.104. The van der Waals surface area contributed by atoms with Gasteiger partial charge >= 0.3 is 0 Å². The summed E-state index contributed by atoms with van der Waals surface area (Å²) in [5, 5.41) is 3.65. The lowest BCUT2D eigenvalue weighted by Gasteiger charge is -2.42. The Hall–Kier alpha value is -0.450. The highest BCUT2D eigenvalue weighted by Gasteiger charge is 2.30. The molecule has 2 saturated heterocycles. The van der Waals surface area contributed by atoms with Gasteiger partial charge in [0.25, 0.3) is 0 Å². The van der Waals surface area contributed by atoms with Crippen LogP contribution < -0.4 is 5.32 Å². The molecule has 3 rings (SSSR count). The van der Waals surface area contributed by atoms with E-state index in [1.807, 2.05) is 6.07 Å². The Morgan fingerprint density at radius 1 is 1.28 bits per heavy atom. The van der Waals surface area contributed by atoms with Crippen molar-refractivity contribution in [1.29, 1.82) is 0 Å². The molecule has 2 aliphatic rings. The molecule has 0 aliphatic carbocycles. The minimum absolute atomic E-state index is 0.104. The zero-order valence-electron chi connectivity index (χ0n) is 10.3. The number of fused-ring (bicyclic) bond motifs is 2. The highest BCUT2D eigenvalue weighted by atomic mass is 79.9. The normalized spacial score (nSPS) is 28.3. The molecule has 2 fully saturated rings. The Kier molecular flexibility index (Phi) is 3.68. The number of hydrogen-bond donors (Lipinski definition) is 1. The van der Waals surface area contributed by atoms with Crippen LogP contribution in [0.25, 0.3) is 0 Å². The monoisotopic (exact) mass is 312 g/mol. The topological polar surface area (TPSA) is 15.3 Å². The molecule has 18 heavy (non-hydrogen) atoms. The van der Waals surface area contributed by atoms with Crippen molar-refractivity contribution >= 4 is 15.9 Å². The summed E-state index contributed by atoms with van der Waals surface area (Å²) >= 11 is 3.45. The van der Waals surface area contributed by atoms with Crippen molar-refractivity contribution in [2.75, 3.05) is 13.1 Å². The van der Waals surface area contributed by atoms with Crippen molar-refractivity contribution < 1.29 is 4.39 Å². The van der Waals surface area contributed by atoms with Crippen LogP contribution in [0.1, 0.15) is 24.8 Å². The van der Waals surface area contributed by atoms with E-state index < -0.39 is 0 Å². The number of likely N-dealkylation sites (tertiary alicyclic amines) is 1. The number of hydrogen-bond acceptors (Lipinski definition) is 2. The lowest BCUT2D eigenvalue weighted by Crippen LogP contribution is -2.58. The molecular formula is C14H18BrFN2. The van der Waals surface area contributed by atoms with Crippen molar-refractivity contribution in [2.45, 2.75) is 37.9 Å². The van der Waals surface area contributed by atoms with Crippen molar-refractivity contribution in [3.8, 4) is 0 Å². The number of piperazine rings is 1. The molecule has 1 N–H and O–H groups in total. The van der Waals surface area contributed by atoms with Crippen LogP contribution in [0, 0.1) is 5.82 Å². The third-order valence-electron chi connectivity index (χ3n) is 3.98. The lowest BCUT2D eigenvalue weighted by molar-refractivity contribution is 0.118. The van der Waals surface area contributed by atoms with Crippen LogP contribution in [0.2, 0.25) is 0 Å². The zero-order chi connectivity index (χ0) is 12.5. The molecule has 0 saturated carbocycles. The summed E-state index contributed by atoms with van der Waals surface area (Å²) in [6, 6.07) is 6.41. The SMILES string of the molecule is Fc1cccc(Br)c1CN1CC2CCCC(C1)N2. The van der Waals surface area contributed by atoms with Gasteiger partial charge in [-0.3, -0.25) is 4.90 Å². The van der Waals surface area contributed by atoms with Gasteiger partial charge in [0.15, 0.2) is 0 Å². The summed E-state index contributed by atoms with van der Waals surface area (Å²) in [4.78, 5) is 2.38. The fraction of sp³-hybridized carbons (Fsp3) is 0.571. The highest BCUT2D eigenvalue weighted by molar-refractivity contribution is 9.10. The first-order valence-electron chi connectivity index (χ1n) is 6.63. The number of benzene rings is 1. The minimum atomic E-state index is -0.104. The molecule has 98 valence electrons. The Bertz CT molecular complexity index is 406. The van der Waals surface area contributed by atoms with Gasteiger partial charge in [-0.1, -0.05) is 28.4 Å². The van der Waals surface area contributed by atoms with Crippen LogP contribution in [0.3, 0.4) is 0 Å². The highest BCUT2D eigenvalue weighted by Crippen LogP contribution is 2.25. The molecule has 0 spiro atoms.